The van der Waals surface area contributed by atoms with Crippen LogP contribution in [0.5, 0.6) is 5.75 Å². The third kappa shape index (κ3) is 3.38. The van der Waals surface area contributed by atoms with Crippen molar-refractivity contribution in [2.45, 2.75) is 44.6 Å². The van der Waals surface area contributed by atoms with Crippen molar-refractivity contribution in [1.82, 2.24) is 5.32 Å². The molecule has 0 spiro atoms. The molecule has 0 saturated heterocycles. The van der Waals surface area contributed by atoms with Crippen molar-refractivity contribution in [2.75, 3.05) is 13.7 Å². The van der Waals surface area contributed by atoms with E-state index in [1.807, 2.05) is 18.2 Å². The Morgan fingerprint density at radius 2 is 2.05 bits per heavy atom. The van der Waals surface area contributed by atoms with E-state index < -0.39 is 11.5 Å². The second-order valence-corrected chi connectivity index (χ2v) is 6.87. The van der Waals surface area contributed by atoms with Crippen LogP contribution in [0.15, 0.2) is 24.3 Å². The Bertz CT molecular complexity index is 517. The number of carboxylic acid groups (broad SMARTS) is 1. The molecule has 1 aliphatic carbocycles. The van der Waals surface area contributed by atoms with Crippen LogP contribution in [0.2, 0.25) is 0 Å². The Labute approximate surface area is 126 Å². The first kappa shape index (κ1) is 15.8. The summed E-state index contributed by atoms with van der Waals surface area (Å²) in [4.78, 5) is 11.6. The fraction of sp³-hybridized carbons (Fsp3) is 0.588. The SMILES string of the molecule is CNC(COc1cccc(C(C)(C)C)c1)(C(=O)O)C1CC1. The minimum Gasteiger partial charge on any atom is -0.491 e. The van der Waals surface area contributed by atoms with E-state index in [-0.39, 0.29) is 17.9 Å². The van der Waals surface area contributed by atoms with Gasteiger partial charge in [-0.05, 0) is 48.9 Å². The lowest BCUT2D eigenvalue weighted by Crippen LogP contribution is -2.56. The summed E-state index contributed by atoms with van der Waals surface area (Å²) in [6.45, 7) is 6.58. The molecule has 1 aliphatic rings. The number of likely N-dealkylation sites (N-methyl/N-ethyl adjacent to an activating group) is 1. The molecule has 1 atom stereocenters. The molecule has 2 rings (SSSR count). The maximum absolute atomic E-state index is 11.6. The molecule has 0 radical (unpaired) electrons. The lowest BCUT2D eigenvalue weighted by Gasteiger charge is -2.29. The highest BCUT2D eigenvalue weighted by atomic mass is 16.5. The number of nitrogens with one attached hydrogen (secondary N) is 1. The van der Waals surface area contributed by atoms with Crippen molar-refractivity contribution < 1.29 is 14.6 Å². The van der Waals surface area contributed by atoms with E-state index >= 15 is 0 Å². The molecule has 0 aliphatic heterocycles. The van der Waals surface area contributed by atoms with Gasteiger partial charge in [-0.3, -0.25) is 4.79 Å². The van der Waals surface area contributed by atoms with E-state index in [2.05, 4.69) is 32.2 Å². The zero-order chi connectivity index (χ0) is 15.7. The maximum atomic E-state index is 11.6. The van der Waals surface area contributed by atoms with E-state index in [0.717, 1.165) is 18.6 Å². The molecule has 4 nitrogen and oxygen atoms in total. The van der Waals surface area contributed by atoms with Gasteiger partial charge in [-0.2, -0.15) is 0 Å². The summed E-state index contributed by atoms with van der Waals surface area (Å²) in [5.74, 6) is 0.0502. The van der Waals surface area contributed by atoms with Crippen LogP contribution in [-0.2, 0) is 10.2 Å². The van der Waals surface area contributed by atoms with Gasteiger partial charge in [-0.1, -0.05) is 32.9 Å². The van der Waals surface area contributed by atoms with Crippen molar-refractivity contribution >= 4 is 5.97 Å². The van der Waals surface area contributed by atoms with Gasteiger partial charge in [0, 0.05) is 0 Å². The monoisotopic (exact) mass is 291 g/mol. The van der Waals surface area contributed by atoms with Gasteiger partial charge in [-0.15, -0.1) is 0 Å². The molecule has 0 heterocycles. The average molecular weight is 291 g/mol. The first-order valence-corrected chi connectivity index (χ1v) is 7.45. The normalized spacial score (nSPS) is 18.1. The number of hydrogen-bond donors (Lipinski definition) is 2. The van der Waals surface area contributed by atoms with Crippen LogP contribution in [0.25, 0.3) is 0 Å². The first-order chi connectivity index (χ1) is 9.79. The number of hydrogen-bond acceptors (Lipinski definition) is 3. The Morgan fingerprint density at radius 1 is 1.38 bits per heavy atom. The van der Waals surface area contributed by atoms with E-state index in [4.69, 9.17) is 4.74 Å². The summed E-state index contributed by atoms with van der Waals surface area (Å²) >= 11 is 0. The van der Waals surface area contributed by atoms with Crippen LogP contribution in [0.4, 0.5) is 0 Å². The molecule has 0 amide bonds. The molecule has 0 aromatic heterocycles. The molecule has 4 heteroatoms. The van der Waals surface area contributed by atoms with Crippen LogP contribution in [0.3, 0.4) is 0 Å². The Morgan fingerprint density at radius 3 is 2.52 bits per heavy atom. The number of ether oxygens (including phenoxy) is 1. The van der Waals surface area contributed by atoms with Gasteiger partial charge in [0.15, 0.2) is 5.54 Å². The van der Waals surface area contributed by atoms with Crippen LogP contribution in [0, 0.1) is 5.92 Å². The molecule has 21 heavy (non-hydrogen) atoms. The Kier molecular flexibility index (Phi) is 4.28. The van der Waals surface area contributed by atoms with E-state index in [1.54, 1.807) is 7.05 Å². The maximum Gasteiger partial charge on any atom is 0.327 e. The van der Waals surface area contributed by atoms with Gasteiger partial charge in [0.2, 0.25) is 0 Å². The van der Waals surface area contributed by atoms with Gasteiger partial charge in [-0.25, -0.2) is 0 Å². The highest BCUT2D eigenvalue weighted by molar-refractivity contribution is 5.80. The largest absolute Gasteiger partial charge is 0.491 e. The van der Waals surface area contributed by atoms with Gasteiger partial charge < -0.3 is 15.2 Å². The number of benzene rings is 1. The van der Waals surface area contributed by atoms with Gasteiger partial charge in [0.25, 0.3) is 0 Å². The lowest BCUT2D eigenvalue weighted by atomic mass is 9.87. The van der Waals surface area contributed by atoms with Crippen molar-refractivity contribution in [3.05, 3.63) is 29.8 Å². The molecular formula is C17H25NO3. The van der Waals surface area contributed by atoms with Crippen molar-refractivity contribution in [2.24, 2.45) is 5.92 Å². The van der Waals surface area contributed by atoms with Gasteiger partial charge in [0.1, 0.15) is 12.4 Å². The molecule has 2 N–H and O–H groups in total. The van der Waals surface area contributed by atoms with Crippen molar-refractivity contribution in [1.29, 1.82) is 0 Å². The third-order valence-corrected chi connectivity index (χ3v) is 4.27. The lowest BCUT2D eigenvalue weighted by molar-refractivity contribution is -0.147. The Balaban J connectivity index is 2.13. The quantitative estimate of drug-likeness (QED) is 0.846. The predicted octanol–water partition coefficient (Wildman–Crippen LogP) is 2.82. The van der Waals surface area contributed by atoms with Gasteiger partial charge in [0.05, 0.1) is 0 Å². The minimum absolute atomic E-state index is 0.0444. The fourth-order valence-electron chi connectivity index (χ4n) is 2.56. The second-order valence-electron chi connectivity index (χ2n) is 6.87. The molecule has 1 fully saturated rings. The number of carbonyl (C=O) groups is 1. The van der Waals surface area contributed by atoms with Crippen molar-refractivity contribution in [3.8, 4) is 5.75 Å². The third-order valence-electron chi connectivity index (χ3n) is 4.27. The molecule has 1 aromatic carbocycles. The number of aliphatic carboxylic acids is 1. The summed E-state index contributed by atoms with van der Waals surface area (Å²) in [6, 6.07) is 7.89. The van der Waals surface area contributed by atoms with Crippen LogP contribution in [-0.4, -0.2) is 30.3 Å². The summed E-state index contributed by atoms with van der Waals surface area (Å²) in [7, 11) is 1.70. The average Bonchev–Trinajstić information content (AvgIpc) is 3.24. The van der Waals surface area contributed by atoms with E-state index in [0.29, 0.717) is 0 Å². The van der Waals surface area contributed by atoms with E-state index in [9.17, 15) is 9.90 Å². The highest BCUT2D eigenvalue weighted by Gasteiger charge is 2.51. The summed E-state index contributed by atoms with van der Waals surface area (Å²) < 4.78 is 5.82. The summed E-state index contributed by atoms with van der Waals surface area (Å²) in [5.41, 5.74) is 0.248. The molecule has 0 bridgehead atoms. The van der Waals surface area contributed by atoms with Crippen molar-refractivity contribution in [3.63, 3.8) is 0 Å². The smallest absolute Gasteiger partial charge is 0.327 e. The number of rotatable bonds is 6. The predicted molar refractivity (Wildman–Crippen MR) is 82.8 cm³/mol. The van der Waals surface area contributed by atoms with E-state index in [1.165, 1.54) is 5.56 Å². The molecule has 1 unspecified atom stereocenters. The summed E-state index contributed by atoms with van der Waals surface area (Å²) in [5, 5.41) is 12.5. The standard InChI is InChI=1S/C17H25NO3/c1-16(2,3)13-6-5-7-14(10-13)21-11-17(18-4,15(19)20)12-8-9-12/h5-7,10,12,18H,8-9,11H2,1-4H3,(H,19,20). The second kappa shape index (κ2) is 5.68. The number of carboxylic acids is 1. The minimum atomic E-state index is -0.974. The zero-order valence-electron chi connectivity index (χ0n) is 13.3. The van der Waals surface area contributed by atoms with Crippen LogP contribution >= 0.6 is 0 Å². The highest BCUT2D eigenvalue weighted by Crippen LogP contribution is 2.40. The molecule has 116 valence electrons. The zero-order valence-corrected chi connectivity index (χ0v) is 13.3. The van der Waals surface area contributed by atoms with Gasteiger partial charge >= 0.3 is 5.97 Å². The van der Waals surface area contributed by atoms with Crippen LogP contribution in [0.1, 0.15) is 39.2 Å². The Hall–Kier alpha value is -1.55. The topological polar surface area (TPSA) is 58.6 Å². The fourth-order valence-corrected chi connectivity index (χ4v) is 2.56. The molecular weight excluding hydrogens is 266 g/mol. The molecule has 1 saturated carbocycles. The first-order valence-electron chi connectivity index (χ1n) is 7.45. The van der Waals surface area contributed by atoms with Crippen LogP contribution < -0.4 is 10.1 Å². The molecule has 1 aromatic rings. The summed E-state index contributed by atoms with van der Waals surface area (Å²) in [6.07, 6.45) is 1.89.